The zero-order valence-electron chi connectivity index (χ0n) is 24.0. The third kappa shape index (κ3) is 8.28. The molecule has 2 amide bonds. The minimum absolute atomic E-state index is 0.0798. The van der Waals surface area contributed by atoms with Crippen LogP contribution in [0.5, 0.6) is 0 Å². The fourth-order valence-electron chi connectivity index (χ4n) is 4.84. The van der Waals surface area contributed by atoms with E-state index >= 15 is 0 Å². The third-order valence-electron chi connectivity index (χ3n) is 7.46. The SMILES string of the molecule is CCCCCCCCC(=O)N(C)c1ccccc1-c1ccc(C(C)(NC(=O)CCc2ccccc2)C(=O)O)cc1. The molecule has 0 bridgehead atoms. The lowest BCUT2D eigenvalue weighted by Crippen LogP contribution is -2.49. The second-order valence-electron chi connectivity index (χ2n) is 10.5. The summed E-state index contributed by atoms with van der Waals surface area (Å²) < 4.78 is 0. The molecule has 3 rings (SSSR count). The van der Waals surface area contributed by atoms with Gasteiger partial charge in [-0.05, 0) is 42.5 Å². The maximum Gasteiger partial charge on any atom is 0.333 e. The molecule has 2 N–H and O–H groups in total. The Kier molecular flexibility index (Phi) is 11.5. The Morgan fingerprint density at radius 2 is 1.43 bits per heavy atom. The molecule has 6 nitrogen and oxygen atoms in total. The van der Waals surface area contributed by atoms with Crippen molar-refractivity contribution < 1.29 is 19.5 Å². The number of carboxylic acids is 1. The van der Waals surface area contributed by atoms with E-state index in [2.05, 4.69) is 12.2 Å². The first kappa shape index (κ1) is 30.6. The van der Waals surface area contributed by atoms with Crippen LogP contribution in [0.4, 0.5) is 5.69 Å². The molecule has 40 heavy (non-hydrogen) atoms. The van der Waals surface area contributed by atoms with Gasteiger partial charge in [0.15, 0.2) is 5.54 Å². The van der Waals surface area contributed by atoms with Crippen molar-refractivity contribution in [3.8, 4) is 11.1 Å². The van der Waals surface area contributed by atoms with Crippen LogP contribution in [-0.4, -0.2) is 29.9 Å². The maximum absolute atomic E-state index is 12.9. The highest BCUT2D eigenvalue weighted by molar-refractivity contribution is 5.97. The van der Waals surface area contributed by atoms with Crippen molar-refractivity contribution in [2.75, 3.05) is 11.9 Å². The van der Waals surface area contributed by atoms with Crippen molar-refractivity contribution in [1.29, 1.82) is 0 Å². The highest BCUT2D eigenvalue weighted by Crippen LogP contribution is 2.32. The number of rotatable bonds is 15. The fraction of sp³-hybridized carbons (Fsp3) is 0.382. The summed E-state index contributed by atoms with van der Waals surface area (Å²) in [6.45, 7) is 3.70. The molecular weight excluding hydrogens is 500 g/mol. The number of amides is 2. The average molecular weight is 543 g/mol. The van der Waals surface area contributed by atoms with E-state index in [0.717, 1.165) is 41.6 Å². The molecule has 0 saturated carbocycles. The van der Waals surface area contributed by atoms with Crippen molar-refractivity contribution in [3.05, 3.63) is 90.0 Å². The Balaban J connectivity index is 1.70. The maximum atomic E-state index is 12.9. The lowest BCUT2D eigenvalue weighted by atomic mass is 9.90. The van der Waals surface area contributed by atoms with Crippen LogP contribution in [0.1, 0.15) is 76.3 Å². The number of unbranched alkanes of at least 4 members (excludes halogenated alkanes) is 5. The largest absolute Gasteiger partial charge is 0.479 e. The quantitative estimate of drug-likeness (QED) is 0.200. The summed E-state index contributed by atoms with van der Waals surface area (Å²) in [4.78, 5) is 39.7. The van der Waals surface area contributed by atoms with Crippen molar-refractivity contribution in [3.63, 3.8) is 0 Å². The van der Waals surface area contributed by atoms with Crippen LogP contribution >= 0.6 is 0 Å². The van der Waals surface area contributed by atoms with Gasteiger partial charge >= 0.3 is 5.97 Å². The van der Waals surface area contributed by atoms with Crippen molar-refractivity contribution >= 4 is 23.5 Å². The summed E-state index contributed by atoms with van der Waals surface area (Å²) in [6.07, 6.45) is 8.01. The van der Waals surface area contributed by atoms with Crippen molar-refractivity contribution in [2.45, 2.75) is 77.2 Å². The molecule has 3 aromatic carbocycles. The van der Waals surface area contributed by atoms with E-state index in [4.69, 9.17) is 0 Å². The van der Waals surface area contributed by atoms with Crippen molar-refractivity contribution in [1.82, 2.24) is 5.32 Å². The van der Waals surface area contributed by atoms with Gasteiger partial charge in [0.2, 0.25) is 11.8 Å². The number of hydrogen-bond acceptors (Lipinski definition) is 3. The second kappa shape index (κ2) is 15.0. The van der Waals surface area contributed by atoms with Gasteiger partial charge in [0, 0.05) is 25.5 Å². The second-order valence-corrected chi connectivity index (χ2v) is 10.5. The molecular formula is C34H42N2O4. The van der Waals surface area contributed by atoms with Crippen LogP contribution in [0, 0.1) is 0 Å². The van der Waals surface area contributed by atoms with Gasteiger partial charge in [0.25, 0.3) is 0 Å². The number of carbonyl (C=O) groups excluding carboxylic acids is 2. The zero-order chi connectivity index (χ0) is 29.0. The minimum Gasteiger partial charge on any atom is -0.479 e. The molecule has 212 valence electrons. The summed E-state index contributed by atoms with van der Waals surface area (Å²) >= 11 is 0. The number of carboxylic acid groups (broad SMARTS) is 1. The monoisotopic (exact) mass is 542 g/mol. The fourth-order valence-corrected chi connectivity index (χ4v) is 4.84. The van der Waals surface area contributed by atoms with Gasteiger partial charge in [-0.25, -0.2) is 4.79 Å². The summed E-state index contributed by atoms with van der Waals surface area (Å²) in [6, 6.07) is 24.5. The molecule has 1 unspecified atom stereocenters. The van der Waals surface area contributed by atoms with Gasteiger partial charge in [-0.1, -0.05) is 112 Å². The van der Waals surface area contributed by atoms with Gasteiger partial charge < -0.3 is 15.3 Å². The van der Waals surface area contributed by atoms with Gasteiger partial charge in [-0.15, -0.1) is 0 Å². The number of benzene rings is 3. The summed E-state index contributed by atoms with van der Waals surface area (Å²) in [7, 11) is 1.80. The molecule has 6 heteroatoms. The molecule has 0 aliphatic carbocycles. The first-order chi connectivity index (χ1) is 19.3. The van der Waals surface area contributed by atoms with E-state index in [9.17, 15) is 19.5 Å². The summed E-state index contributed by atoms with van der Waals surface area (Å²) in [5, 5.41) is 12.8. The van der Waals surface area contributed by atoms with Crippen LogP contribution in [0.3, 0.4) is 0 Å². The lowest BCUT2D eigenvalue weighted by Gasteiger charge is -2.27. The first-order valence-electron chi connectivity index (χ1n) is 14.3. The zero-order valence-corrected chi connectivity index (χ0v) is 24.0. The normalized spacial score (nSPS) is 12.4. The molecule has 0 radical (unpaired) electrons. The van der Waals surface area contributed by atoms with Gasteiger partial charge in [0.05, 0.1) is 5.69 Å². The Labute approximate surface area is 238 Å². The van der Waals surface area contributed by atoms with Crippen LogP contribution in [-0.2, 0) is 26.3 Å². The summed E-state index contributed by atoms with van der Waals surface area (Å²) in [5.41, 5.74) is 2.48. The number of anilines is 1. The number of nitrogens with zero attached hydrogens (tertiary/aromatic N) is 1. The van der Waals surface area contributed by atoms with Crippen LogP contribution in [0.2, 0.25) is 0 Å². The number of para-hydroxylation sites is 1. The molecule has 0 aromatic heterocycles. The molecule has 0 aliphatic heterocycles. The number of aryl methyl sites for hydroxylation is 1. The Morgan fingerprint density at radius 3 is 2.10 bits per heavy atom. The minimum atomic E-state index is -1.57. The Bertz CT molecular complexity index is 1260. The molecule has 0 fully saturated rings. The molecule has 0 spiro atoms. The van der Waals surface area contributed by atoms with E-state index in [-0.39, 0.29) is 18.2 Å². The summed E-state index contributed by atoms with van der Waals surface area (Å²) in [5.74, 6) is -1.38. The van der Waals surface area contributed by atoms with Crippen molar-refractivity contribution in [2.24, 2.45) is 0 Å². The Hall–Kier alpha value is -3.93. The third-order valence-corrected chi connectivity index (χ3v) is 7.46. The first-order valence-corrected chi connectivity index (χ1v) is 14.3. The van der Waals surface area contributed by atoms with Gasteiger partial charge in [-0.2, -0.15) is 0 Å². The topological polar surface area (TPSA) is 86.7 Å². The van der Waals surface area contributed by atoms with E-state index < -0.39 is 11.5 Å². The lowest BCUT2D eigenvalue weighted by molar-refractivity contribution is -0.147. The smallest absolute Gasteiger partial charge is 0.333 e. The van der Waals surface area contributed by atoms with Gasteiger partial charge in [0.1, 0.15) is 0 Å². The molecule has 0 saturated heterocycles. The van der Waals surface area contributed by atoms with E-state index in [0.29, 0.717) is 18.4 Å². The number of nitrogens with one attached hydrogen (secondary N) is 1. The van der Waals surface area contributed by atoms with E-state index in [1.807, 2.05) is 66.7 Å². The predicted octanol–water partition coefficient (Wildman–Crippen LogP) is 7.12. The number of hydrogen-bond donors (Lipinski definition) is 2. The average Bonchev–Trinajstić information content (AvgIpc) is 2.97. The van der Waals surface area contributed by atoms with Crippen LogP contribution in [0.25, 0.3) is 11.1 Å². The highest BCUT2D eigenvalue weighted by atomic mass is 16.4. The van der Waals surface area contributed by atoms with E-state index in [1.54, 1.807) is 24.1 Å². The molecule has 0 heterocycles. The number of aliphatic carboxylic acids is 1. The number of carbonyl (C=O) groups is 3. The highest BCUT2D eigenvalue weighted by Gasteiger charge is 2.36. The molecule has 0 aliphatic rings. The van der Waals surface area contributed by atoms with Crippen LogP contribution in [0.15, 0.2) is 78.9 Å². The molecule has 3 aromatic rings. The Morgan fingerprint density at radius 1 is 0.800 bits per heavy atom. The van der Waals surface area contributed by atoms with Gasteiger partial charge in [-0.3, -0.25) is 9.59 Å². The predicted molar refractivity (Wildman–Crippen MR) is 161 cm³/mol. The van der Waals surface area contributed by atoms with Crippen LogP contribution < -0.4 is 10.2 Å². The standard InChI is InChI=1S/C34H42N2O4/c1-4-5-6-7-8-12-19-32(38)36(3)30-18-14-13-17-29(30)27-21-23-28(24-22-27)34(2,33(39)40)35-31(37)25-20-26-15-10-9-11-16-26/h9-11,13-18,21-24H,4-8,12,19-20,25H2,1-3H3,(H,35,37)(H,39,40). The molecule has 1 atom stereocenters. The van der Waals surface area contributed by atoms with E-state index in [1.165, 1.54) is 26.2 Å².